The molecule has 0 saturated carbocycles. The summed E-state index contributed by atoms with van der Waals surface area (Å²) >= 11 is 0. The number of benzene rings is 1. The number of halogens is 1. The highest BCUT2D eigenvalue weighted by atomic mass is 19.1. The molecule has 26 heavy (non-hydrogen) atoms. The summed E-state index contributed by atoms with van der Waals surface area (Å²) in [6, 6.07) is 8.59. The van der Waals surface area contributed by atoms with Crippen LogP contribution in [0.5, 0.6) is 0 Å². The summed E-state index contributed by atoms with van der Waals surface area (Å²) in [6.45, 7) is 1.88. The van der Waals surface area contributed by atoms with Gasteiger partial charge >= 0.3 is 0 Å². The molecule has 6 nitrogen and oxygen atoms in total. The molecule has 0 aliphatic carbocycles. The van der Waals surface area contributed by atoms with Crippen molar-refractivity contribution in [3.63, 3.8) is 0 Å². The van der Waals surface area contributed by atoms with E-state index in [-0.39, 0.29) is 19.0 Å². The molecule has 1 aromatic carbocycles. The SMILES string of the molecule is OCCNc1cc(N2CCC[C@](CO)(Cc3ccccc3F)C2)ncn1. The van der Waals surface area contributed by atoms with Gasteiger partial charge in [-0.05, 0) is 30.9 Å². The Bertz CT molecular complexity index is 730. The third kappa shape index (κ3) is 4.28. The van der Waals surface area contributed by atoms with Gasteiger partial charge in [0.05, 0.1) is 13.2 Å². The second-order valence-electron chi connectivity index (χ2n) is 6.86. The Labute approximate surface area is 152 Å². The minimum atomic E-state index is -0.399. The first-order valence-electron chi connectivity index (χ1n) is 8.92. The lowest BCUT2D eigenvalue weighted by Crippen LogP contribution is -2.47. The molecule has 0 radical (unpaired) electrons. The molecule has 1 aliphatic heterocycles. The van der Waals surface area contributed by atoms with Crippen molar-refractivity contribution in [1.29, 1.82) is 0 Å². The van der Waals surface area contributed by atoms with Crippen LogP contribution in [-0.2, 0) is 6.42 Å². The number of aromatic nitrogens is 2. The number of piperidine rings is 1. The second-order valence-corrected chi connectivity index (χ2v) is 6.86. The molecule has 1 aromatic heterocycles. The average molecular weight is 360 g/mol. The van der Waals surface area contributed by atoms with E-state index >= 15 is 0 Å². The van der Waals surface area contributed by atoms with E-state index in [4.69, 9.17) is 5.11 Å². The maximum Gasteiger partial charge on any atom is 0.134 e. The topological polar surface area (TPSA) is 81.5 Å². The van der Waals surface area contributed by atoms with Crippen LogP contribution in [0.15, 0.2) is 36.7 Å². The summed E-state index contributed by atoms with van der Waals surface area (Å²) in [5.41, 5.74) is 0.237. The molecule has 0 bridgehead atoms. The molecule has 7 heteroatoms. The Morgan fingerprint density at radius 3 is 2.85 bits per heavy atom. The molecule has 1 fully saturated rings. The molecule has 0 amide bonds. The van der Waals surface area contributed by atoms with Crippen molar-refractivity contribution in [2.75, 3.05) is 43.1 Å². The molecule has 3 N–H and O–H groups in total. The Kier molecular flexibility index (Phi) is 6.00. The highest BCUT2D eigenvalue weighted by Gasteiger charge is 2.36. The van der Waals surface area contributed by atoms with Gasteiger partial charge in [-0.25, -0.2) is 14.4 Å². The van der Waals surface area contributed by atoms with Gasteiger partial charge in [0, 0.05) is 31.1 Å². The number of aliphatic hydroxyl groups excluding tert-OH is 2. The fourth-order valence-electron chi connectivity index (χ4n) is 3.58. The minimum Gasteiger partial charge on any atom is -0.396 e. The van der Waals surface area contributed by atoms with Crippen LogP contribution in [0.3, 0.4) is 0 Å². The summed E-state index contributed by atoms with van der Waals surface area (Å²) in [6.07, 6.45) is 3.72. The molecule has 1 saturated heterocycles. The quantitative estimate of drug-likeness (QED) is 0.699. The Morgan fingerprint density at radius 1 is 1.23 bits per heavy atom. The first-order chi connectivity index (χ1) is 12.7. The van der Waals surface area contributed by atoms with Crippen LogP contribution in [0.4, 0.5) is 16.0 Å². The van der Waals surface area contributed by atoms with Crippen LogP contribution < -0.4 is 10.2 Å². The van der Waals surface area contributed by atoms with Crippen molar-refractivity contribution in [3.8, 4) is 0 Å². The van der Waals surface area contributed by atoms with Gasteiger partial charge in [-0.15, -0.1) is 0 Å². The Balaban J connectivity index is 1.77. The predicted octanol–water partition coefficient (Wildman–Crippen LogP) is 1.84. The first kappa shape index (κ1) is 18.5. The fraction of sp³-hybridized carbons (Fsp3) is 0.474. The molecule has 2 aromatic rings. The smallest absolute Gasteiger partial charge is 0.134 e. The van der Waals surface area contributed by atoms with Crippen LogP contribution in [-0.4, -0.2) is 53.0 Å². The van der Waals surface area contributed by atoms with Crippen molar-refractivity contribution in [2.24, 2.45) is 5.41 Å². The molecule has 1 aliphatic rings. The van der Waals surface area contributed by atoms with Crippen LogP contribution in [0, 0.1) is 11.2 Å². The summed E-state index contributed by atoms with van der Waals surface area (Å²) < 4.78 is 14.1. The average Bonchev–Trinajstić information content (AvgIpc) is 2.68. The highest BCUT2D eigenvalue weighted by Crippen LogP contribution is 2.35. The van der Waals surface area contributed by atoms with Crippen LogP contribution in [0.1, 0.15) is 18.4 Å². The minimum absolute atomic E-state index is 0.00145. The van der Waals surface area contributed by atoms with Gasteiger partial charge in [0.25, 0.3) is 0 Å². The number of aliphatic hydroxyl groups is 2. The zero-order valence-corrected chi connectivity index (χ0v) is 14.7. The number of hydrogen-bond donors (Lipinski definition) is 3. The molecule has 0 spiro atoms. The van der Waals surface area contributed by atoms with Gasteiger partial charge < -0.3 is 20.4 Å². The van der Waals surface area contributed by atoms with Crippen LogP contribution >= 0.6 is 0 Å². The summed E-state index contributed by atoms with van der Waals surface area (Å²) in [5.74, 6) is 1.19. The number of hydrogen-bond acceptors (Lipinski definition) is 6. The number of anilines is 2. The fourth-order valence-corrected chi connectivity index (χ4v) is 3.58. The van der Waals surface area contributed by atoms with Gasteiger partial charge in [0.1, 0.15) is 23.8 Å². The van der Waals surface area contributed by atoms with E-state index in [9.17, 15) is 9.50 Å². The lowest BCUT2D eigenvalue weighted by molar-refractivity contribution is 0.104. The zero-order valence-electron chi connectivity index (χ0n) is 14.7. The largest absolute Gasteiger partial charge is 0.396 e. The third-order valence-corrected chi connectivity index (χ3v) is 4.91. The van der Waals surface area contributed by atoms with Crippen molar-refractivity contribution < 1.29 is 14.6 Å². The van der Waals surface area contributed by atoms with Gasteiger partial charge in [-0.1, -0.05) is 18.2 Å². The van der Waals surface area contributed by atoms with Crippen molar-refractivity contribution in [1.82, 2.24) is 9.97 Å². The molecular weight excluding hydrogens is 335 g/mol. The summed E-state index contributed by atoms with van der Waals surface area (Å²) in [7, 11) is 0. The van der Waals surface area contributed by atoms with Crippen molar-refractivity contribution in [2.45, 2.75) is 19.3 Å². The van der Waals surface area contributed by atoms with Crippen LogP contribution in [0.25, 0.3) is 0 Å². The third-order valence-electron chi connectivity index (χ3n) is 4.91. The lowest BCUT2D eigenvalue weighted by atomic mass is 9.75. The second kappa shape index (κ2) is 8.42. The Morgan fingerprint density at radius 2 is 2.08 bits per heavy atom. The molecular formula is C19H25FN4O2. The van der Waals surface area contributed by atoms with E-state index < -0.39 is 5.41 Å². The molecule has 1 atom stereocenters. The highest BCUT2D eigenvalue weighted by molar-refractivity contribution is 5.49. The predicted molar refractivity (Wildman–Crippen MR) is 98.7 cm³/mol. The molecule has 2 heterocycles. The Hall–Kier alpha value is -2.25. The number of rotatable bonds is 7. The molecule has 3 rings (SSSR count). The van der Waals surface area contributed by atoms with E-state index in [1.807, 2.05) is 12.1 Å². The van der Waals surface area contributed by atoms with E-state index in [0.717, 1.165) is 25.2 Å². The zero-order chi connectivity index (χ0) is 18.4. The van der Waals surface area contributed by atoms with E-state index in [1.54, 1.807) is 12.1 Å². The lowest BCUT2D eigenvalue weighted by Gasteiger charge is -2.42. The monoisotopic (exact) mass is 360 g/mol. The molecule has 0 unspecified atom stereocenters. The summed E-state index contributed by atoms with van der Waals surface area (Å²) in [5, 5.41) is 22.1. The number of nitrogens with one attached hydrogen (secondary N) is 1. The maximum absolute atomic E-state index is 14.1. The van der Waals surface area contributed by atoms with Gasteiger partial charge in [-0.3, -0.25) is 0 Å². The maximum atomic E-state index is 14.1. The van der Waals surface area contributed by atoms with Gasteiger partial charge in [-0.2, -0.15) is 0 Å². The van der Waals surface area contributed by atoms with E-state index in [0.29, 0.717) is 30.9 Å². The number of nitrogens with zero attached hydrogens (tertiary/aromatic N) is 3. The normalized spacial score (nSPS) is 20.2. The van der Waals surface area contributed by atoms with Crippen molar-refractivity contribution in [3.05, 3.63) is 48.0 Å². The summed E-state index contributed by atoms with van der Waals surface area (Å²) in [4.78, 5) is 10.6. The van der Waals surface area contributed by atoms with Crippen molar-refractivity contribution >= 4 is 11.6 Å². The van der Waals surface area contributed by atoms with Gasteiger partial charge in [0.15, 0.2) is 0 Å². The van der Waals surface area contributed by atoms with Gasteiger partial charge in [0.2, 0.25) is 0 Å². The van der Waals surface area contributed by atoms with E-state index in [1.165, 1.54) is 12.4 Å². The first-order valence-corrected chi connectivity index (χ1v) is 8.92. The standard InChI is InChI=1S/C19H25FN4O2/c20-16-5-2-1-4-15(16)11-19(13-26)6-3-8-24(12-19)18-10-17(21-7-9-25)22-14-23-18/h1-2,4-5,10,14,25-26H,3,6-9,11-13H2,(H,21,22,23)/t19-/m0/s1. The molecule has 140 valence electrons. The van der Waals surface area contributed by atoms with E-state index in [2.05, 4.69) is 20.2 Å². The van der Waals surface area contributed by atoms with Crippen LogP contribution in [0.2, 0.25) is 0 Å².